The van der Waals surface area contributed by atoms with E-state index in [9.17, 15) is 14.7 Å². The van der Waals surface area contributed by atoms with Gasteiger partial charge in [-0.05, 0) is 35.4 Å². The molecular formula is C29H29N3O5. The molecule has 4 unspecified atom stereocenters. The van der Waals surface area contributed by atoms with Crippen LogP contribution in [-0.2, 0) is 16.2 Å². The second-order valence-electron chi connectivity index (χ2n) is 9.10. The van der Waals surface area contributed by atoms with Gasteiger partial charge in [-0.1, -0.05) is 66.7 Å². The van der Waals surface area contributed by atoms with Crippen molar-refractivity contribution in [3.8, 4) is 11.5 Å². The number of aliphatic hydroxyl groups excluding tert-OH is 1. The molecule has 2 aliphatic rings. The lowest BCUT2D eigenvalue weighted by Gasteiger charge is -2.40. The molecule has 3 aromatic rings. The van der Waals surface area contributed by atoms with Gasteiger partial charge in [-0.3, -0.25) is 14.5 Å². The Morgan fingerprint density at radius 1 is 0.919 bits per heavy atom. The summed E-state index contributed by atoms with van der Waals surface area (Å²) in [6, 6.07) is 23.0. The molecule has 1 saturated heterocycles. The number of nitrogens with zero attached hydrogens (tertiary/aromatic N) is 2. The Morgan fingerprint density at radius 3 is 2.32 bits per heavy atom. The molecule has 8 heteroatoms. The SMILES string of the molecule is COc1ccc(C(O)C2C=CC3C(=O)N(C)C(=O)C3N2Nc2ccccc2)cc1OCc1ccccc1. The van der Waals surface area contributed by atoms with Gasteiger partial charge in [0, 0.05) is 12.7 Å². The molecule has 2 N–H and O–H groups in total. The largest absolute Gasteiger partial charge is 0.493 e. The molecule has 0 spiro atoms. The zero-order chi connectivity index (χ0) is 25.9. The number of methoxy groups -OCH3 is 1. The highest BCUT2D eigenvalue weighted by atomic mass is 16.5. The zero-order valence-electron chi connectivity index (χ0n) is 20.7. The Bertz CT molecular complexity index is 1300. The zero-order valence-corrected chi connectivity index (χ0v) is 20.7. The highest BCUT2D eigenvalue weighted by molar-refractivity contribution is 6.08. The van der Waals surface area contributed by atoms with Crippen LogP contribution in [0.4, 0.5) is 5.69 Å². The van der Waals surface area contributed by atoms with Crippen molar-refractivity contribution >= 4 is 17.5 Å². The molecule has 2 aliphatic heterocycles. The first-order valence-electron chi connectivity index (χ1n) is 12.1. The van der Waals surface area contributed by atoms with Crippen molar-refractivity contribution in [2.75, 3.05) is 19.6 Å². The lowest BCUT2D eigenvalue weighted by atomic mass is 9.90. The first-order valence-corrected chi connectivity index (χ1v) is 12.1. The fraction of sp³-hybridized carbons (Fsp3) is 0.241. The third kappa shape index (κ3) is 4.81. The minimum absolute atomic E-state index is 0.264. The van der Waals surface area contributed by atoms with E-state index in [0.717, 1.165) is 16.2 Å². The molecule has 1 fully saturated rings. The van der Waals surface area contributed by atoms with Gasteiger partial charge in [-0.25, -0.2) is 5.01 Å². The summed E-state index contributed by atoms with van der Waals surface area (Å²) in [5.74, 6) is -0.168. The second kappa shape index (κ2) is 10.5. The molecule has 0 aromatic heterocycles. The number of amides is 2. The Labute approximate surface area is 215 Å². The van der Waals surface area contributed by atoms with E-state index in [1.807, 2.05) is 60.7 Å². The van der Waals surface area contributed by atoms with Gasteiger partial charge in [0.05, 0.1) is 19.1 Å². The molecule has 2 heterocycles. The van der Waals surface area contributed by atoms with Crippen molar-refractivity contribution in [2.24, 2.45) is 5.92 Å². The molecule has 190 valence electrons. The molecule has 0 aliphatic carbocycles. The summed E-state index contributed by atoms with van der Waals surface area (Å²) in [5.41, 5.74) is 5.60. The first-order chi connectivity index (χ1) is 18.0. The van der Waals surface area contributed by atoms with Crippen LogP contribution in [0.5, 0.6) is 11.5 Å². The summed E-state index contributed by atoms with van der Waals surface area (Å²) >= 11 is 0. The molecule has 3 aromatic carbocycles. The fourth-order valence-corrected chi connectivity index (χ4v) is 4.80. The van der Waals surface area contributed by atoms with Gasteiger partial charge in [-0.15, -0.1) is 0 Å². The normalized spacial score (nSPS) is 22.0. The van der Waals surface area contributed by atoms with Crippen LogP contribution in [0.3, 0.4) is 0 Å². The minimum Gasteiger partial charge on any atom is -0.493 e. The summed E-state index contributed by atoms with van der Waals surface area (Å²) in [5, 5.41) is 13.2. The number of likely N-dealkylation sites (N-methyl/N-ethyl adjacent to an activating group) is 1. The molecule has 37 heavy (non-hydrogen) atoms. The maximum Gasteiger partial charge on any atom is 0.249 e. The number of imide groups is 1. The Balaban J connectivity index is 1.46. The van der Waals surface area contributed by atoms with Crippen LogP contribution in [0.1, 0.15) is 17.2 Å². The number of carbonyl (C=O) groups excluding carboxylic acids is 2. The quantitative estimate of drug-likeness (QED) is 0.362. The average molecular weight is 500 g/mol. The predicted molar refractivity (Wildman–Crippen MR) is 139 cm³/mol. The molecule has 2 amide bonds. The molecular weight excluding hydrogens is 470 g/mol. The number of ether oxygens (including phenoxy) is 2. The summed E-state index contributed by atoms with van der Waals surface area (Å²) in [7, 11) is 3.05. The standard InChI is InChI=1S/C29H29N3O5/c1-31-28(34)22-14-15-23(32(26(22)29(31)35)30-21-11-7-4-8-12-21)27(33)20-13-16-24(36-2)25(17-20)37-18-19-9-5-3-6-10-19/h3-17,22-23,26-27,30,33H,18H2,1-2H3. The molecule has 0 bridgehead atoms. The number of anilines is 1. The summed E-state index contributed by atoms with van der Waals surface area (Å²) in [4.78, 5) is 26.9. The number of likely N-dealkylation sites (tertiary alicyclic amines) is 1. The van der Waals surface area contributed by atoms with Gasteiger partial charge >= 0.3 is 0 Å². The van der Waals surface area contributed by atoms with Gasteiger partial charge in [-0.2, -0.15) is 0 Å². The lowest BCUT2D eigenvalue weighted by Crippen LogP contribution is -2.55. The van der Waals surface area contributed by atoms with Gasteiger partial charge in [0.1, 0.15) is 18.8 Å². The highest BCUT2D eigenvalue weighted by Gasteiger charge is 2.52. The molecule has 0 radical (unpaired) electrons. The van der Waals surface area contributed by atoms with Gasteiger partial charge in [0.25, 0.3) is 0 Å². The third-order valence-corrected chi connectivity index (χ3v) is 6.80. The van der Waals surface area contributed by atoms with Crippen molar-refractivity contribution in [2.45, 2.75) is 24.8 Å². The van der Waals surface area contributed by atoms with E-state index in [1.54, 1.807) is 42.5 Å². The van der Waals surface area contributed by atoms with Crippen LogP contribution >= 0.6 is 0 Å². The number of aliphatic hydroxyl groups is 1. The monoisotopic (exact) mass is 499 g/mol. The van der Waals surface area contributed by atoms with Gasteiger partial charge in [0.2, 0.25) is 11.8 Å². The van der Waals surface area contributed by atoms with Crippen LogP contribution in [0.15, 0.2) is 91.0 Å². The maximum absolute atomic E-state index is 13.1. The highest BCUT2D eigenvalue weighted by Crippen LogP contribution is 2.38. The Kier molecular flexibility index (Phi) is 6.94. The molecule has 0 saturated carbocycles. The number of para-hydroxylation sites is 1. The number of fused-ring (bicyclic) bond motifs is 1. The van der Waals surface area contributed by atoms with Crippen molar-refractivity contribution in [1.82, 2.24) is 9.91 Å². The van der Waals surface area contributed by atoms with Crippen molar-refractivity contribution in [3.05, 3.63) is 102 Å². The van der Waals surface area contributed by atoms with E-state index in [0.29, 0.717) is 23.7 Å². The third-order valence-electron chi connectivity index (χ3n) is 6.80. The number of nitrogens with one attached hydrogen (secondary N) is 1. The lowest BCUT2D eigenvalue weighted by molar-refractivity contribution is -0.138. The van der Waals surface area contributed by atoms with E-state index in [1.165, 1.54) is 7.05 Å². The number of hydrazine groups is 1. The number of benzene rings is 3. The fourth-order valence-electron chi connectivity index (χ4n) is 4.80. The maximum atomic E-state index is 13.1. The molecule has 5 rings (SSSR count). The van der Waals surface area contributed by atoms with Crippen LogP contribution < -0.4 is 14.9 Å². The molecule has 8 nitrogen and oxygen atoms in total. The van der Waals surface area contributed by atoms with E-state index in [2.05, 4.69) is 5.43 Å². The average Bonchev–Trinajstić information content (AvgIpc) is 3.16. The minimum atomic E-state index is -1.03. The van der Waals surface area contributed by atoms with Crippen LogP contribution in [0.2, 0.25) is 0 Å². The number of hydrogen-bond acceptors (Lipinski definition) is 7. The molecule has 4 atom stereocenters. The van der Waals surface area contributed by atoms with Crippen LogP contribution in [0.25, 0.3) is 0 Å². The number of rotatable bonds is 8. The van der Waals surface area contributed by atoms with E-state index in [4.69, 9.17) is 9.47 Å². The van der Waals surface area contributed by atoms with Crippen LogP contribution in [-0.4, -0.2) is 53.1 Å². The van der Waals surface area contributed by atoms with Crippen molar-refractivity contribution < 1.29 is 24.2 Å². The Morgan fingerprint density at radius 2 is 1.62 bits per heavy atom. The number of carbonyl (C=O) groups is 2. The summed E-state index contributed by atoms with van der Waals surface area (Å²) < 4.78 is 11.5. The van der Waals surface area contributed by atoms with Crippen molar-refractivity contribution in [3.63, 3.8) is 0 Å². The van der Waals surface area contributed by atoms with Gasteiger partial charge < -0.3 is 20.0 Å². The second-order valence-corrected chi connectivity index (χ2v) is 9.10. The topological polar surface area (TPSA) is 91.3 Å². The summed E-state index contributed by atoms with van der Waals surface area (Å²) in [6.07, 6.45) is 2.47. The first kappa shape index (κ1) is 24.5. The smallest absolute Gasteiger partial charge is 0.249 e. The Hall–Kier alpha value is -4.14. The van der Waals surface area contributed by atoms with E-state index in [-0.39, 0.29) is 11.8 Å². The van der Waals surface area contributed by atoms with E-state index >= 15 is 0 Å². The van der Waals surface area contributed by atoms with E-state index < -0.39 is 24.1 Å². The van der Waals surface area contributed by atoms with Gasteiger partial charge in [0.15, 0.2) is 11.5 Å². The number of hydrogen-bond donors (Lipinski definition) is 2. The summed E-state index contributed by atoms with van der Waals surface area (Å²) in [6.45, 7) is 0.342. The predicted octanol–water partition coefficient (Wildman–Crippen LogP) is 3.56. The van der Waals surface area contributed by atoms with Crippen molar-refractivity contribution in [1.29, 1.82) is 0 Å². The van der Waals surface area contributed by atoms with Crippen LogP contribution in [0, 0.1) is 5.92 Å².